The molecule has 1 atom stereocenters. The fourth-order valence-corrected chi connectivity index (χ4v) is 5.10. The molecule has 1 saturated carbocycles. The molecule has 0 radical (unpaired) electrons. The van der Waals surface area contributed by atoms with Crippen molar-refractivity contribution in [3.8, 4) is 0 Å². The number of thioether (sulfide) groups is 1. The minimum atomic E-state index is -0.624. The van der Waals surface area contributed by atoms with Crippen molar-refractivity contribution in [1.29, 1.82) is 0 Å². The lowest BCUT2D eigenvalue weighted by Gasteiger charge is -2.51. The van der Waals surface area contributed by atoms with Gasteiger partial charge in [0.05, 0.1) is 5.60 Å². The molecule has 132 valence electrons. The Balaban J connectivity index is 1.57. The average molecular weight is 350 g/mol. The van der Waals surface area contributed by atoms with Crippen molar-refractivity contribution in [3.05, 3.63) is 11.8 Å². The normalized spacial score (nSPS) is 29.4. The second-order valence-electron chi connectivity index (χ2n) is 7.50. The highest BCUT2D eigenvalue weighted by Crippen LogP contribution is 2.50. The van der Waals surface area contributed by atoms with Gasteiger partial charge in [-0.15, -0.1) is 0 Å². The molecule has 1 unspecified atom stereocenters. The van der Waals surface area contributed by atoms with Gasteiger partial charge in [-0.05, 0) is 32.1 Å². The van der Waals surface area contributed by atoms with Gasteiger partial charge in [0.15, 0.2) is 11.0 Å². The minimum absolute atomic E-state index is 0.0387. The Bertz CT molecular complexity index is 621. The van der Waals surface area contributed by atoms with Gasteiger partial charge in [0.2, 0.25) is 0 Å². The molecule has 0 aromatic carbocycles. The summed E-state index contributed by atoms with van der Waals surface area (Å²) in [4.78, 5) is 9.05. The zero-order chi connectivity index (χ0) is 16.8. The summed E-state index contributed by atoms with van der Waals surface area (Å²) in [7, 11) is 2.05. The van der Waals surface area contributed by atoms with Crippen LogP contribution in [0.15, 0.2) is 11.4 Å². The molecule has 1 saturated heterocycles. The molecule has 2 aliphatic heterocycles. The van der Waals surface area contributed by atoms with E-state index < -0.39 is 5.60 Å². The van der Waals surface area contributed by atoms with E-state index >= 15 is 0 Å². The Morgan fingerprint density at radius 2 is 2.12 bits per heavy atom. The molecule has 3 heterocycles. The maximum absolute atomic E-state index is 11.6. The molecule has 7 heteroatoms. The van der Waals surface area contributed by atoms with Crippen LogP contribution in [0.1, 0.15) is 37.7 Å². The number of anilines is 1. The largest absolute Gasteiger partial charge is 0.388 e. The van der Waals surface area contributed by atoms with Crippen LogP contribution in [-0.4, -0.2) is 58.6 Å². The van der Waals surface area contributed by atoms with Gasteiger partial charge in [-0.2, -0.15) is 0 Å². The zero-order valence-electron chi connectivity index (χ0n) is 14.6. The van der Waals surface area contributed by atoms with Crippen molar-refractivity contribution in [2.24, 2.45) is 5.41 Å². The van der Waals surface area contributed by atoms with Crippen LogP contribution < -0.4 is 10.3 Å². The molecule has 2 N–H and O–H groups in total. The molecule has 1 aromatic rings. The van der Waals surface area contributed by atoms with E-state index in [0.717, 1.165) is 55.4 Å². The summed E-state index contributed by atoms with van der Waals surface area (Å²) >= 11 is 1.56. The van der Waals surface area contributed by atoms with Crippen LogP contribution >= 0.6 is 11.8 Å². The molecule has 4 rings (SSSR count). The first-order valence-electron chi connectivity index (χ1n) is 8.89. The second kappa shape index (κ2) is 6.12. The first-order chi connectivity index (χ1) is 11.6. The number of nitrogens with zero attached hydrogens (tertiary/aromatic N) is 4. The third kappa shape index (κ3) is 2.53. The Morgan fingerprint density at radius 1 is 1.33 bits per heavy atom. The lowest BCUT2D eigenvalue weighted by molar-refractivity contribution is -0.121. The van der Waals surface area contributed by atoms with Crippen molar-refractivity contribution >= 4 is 17.6 Å². The van der Waals surface area contributed by atoms with Crippen LogP contribution in [0, 0.1) is 5.41 Å². The van der Waals surface area contributed by atoms with E-state index in [1.165, 1.54) is 12.8 Å². The summed E-state index contributed by atoms with van der Waals surface area (Å²) in [5.41, 5.74) is 0.561. The third-order valence-corrected chi connectivity index (χ3v) is 6.82. The Hall–Kier alpha value is -0.890. The molecule has 1 spiro atoms. The van der Waals surface area contributed by atoms with E-state index in [2.05, 4.69) is 32.4 Å². The molecule has 24 heavy (non-hydrogen) atoms. The summed E-state index contributed by atoms with van der Waals surface area (Å²) in [5.74, 6) is 0.979. The van der Waals surface area contributed by atoms with Gasteiger partial charge >= 0.3 is 0 Å². The molecule has 2 fully saturated rings. The van der Waals surface area contributed by atoms with Gasteiger partial charge in [-0.1, -0.05) is 24.6 Å². The highest BCUT2D eigenvalue weighted by molar-refractivity contribution is 7.98. The smallest absolute Gasteiger partial charge is 0.189 e. The van der Waals surface area contributed by atoms with E-state index in [4.69, 9.17) is 0 Å². The van der Waals surface area contributed by atoms with Crippen molar-refractivity contribution in [1.82, 2.24) is 20.3 Å². The summed E-state index contributed by atoms with van der Waals surface area (Å²) in [6.07, 6.45) is 9.51. The van der Waals surface area contributed by atoms with Gasteiger partial charge in [-0.3, -0.25) is 5.01 Å². The summed E-state index contributed by atoms with van der Waals surface area (Å²) < 4.78 is 0. The SMILES string of the molecule is CSc1ncc2c(n1)N(C)N(CC1(O)CCNCC13CCCC3)C2. The van der Waals surface area contributed by atoms with Crippen molar-refractivity contribution in [2.75, 3.05) is 37.9 Å². The van der Waals surface area contributed by atoms with Crippen LogP contribution in [0.3, 0.4) is 0 Å². The predicted molar refractivity (Wildman–Crippen MR) is 96.0 cm³/mol. The lowest BCUT2D eigenvalue weighted by Crippen LogP contribution is -2.63. The Morgan fingerprint density at radius 3 is 2.88 bits per heavy atom. The van der Waals surface area contributed by atoms with Crippen LogP contribution in [0.2, 0.25) is 0 Å². The number of hydrazine groups is 1. The van der Waals surface area contributed by atoms with Crippen molar-refractivity contribution < 1.29 is 5.11 Å². The molecule has 0 amide bonds. The fraction of sp³-hybridized carbons (Fsp3) is 0.765. The third-order valence-electron chi connectivity index (χ3n) is 6.26. The van der Waals surface area contributed by atoms with E-state index in [-0.39, 0.29) is 5.41 Å². The maximum Gasteiger partial charge on any atom is 0.189 e. The van der Waals surface area contributed by atoms with Crippen LogP contribution in [0.5, 0.6) is 0 Å². The standard InChI is InChI=1S/C17H27N5OS/c1-21-14-13(9-19-15(20-14)24-2)10-22(21)12-17(23)7-8-18-11-16(17)5-3-4-6-16/h9,18,23H,3-8,10-12H2,1-2H3. The van der Waals surface area contributed by atoms with Gasteiger partial charge in [0.25, 0.3) is 0 Å². The summed E-state index contributed by atoms with van der Waals surface area (Å²) in [6.45, 7) is 3.31. The number of hydrogen-bond donors (Lipinski definition) is 2. The summed E-state index contributed by atoms with van der Waals surface area (Å²) in [6, 6.07) is 0. The zero-order valence-corrected chi connectivity index (χ0v) is 15.4. The Labute approximate surface area is 148 Å². The van der Waals surface area contributed by atoms with Gasteiger partial charge in [-0.25, -0.2) is 15.0 Å². The van der Waals surface area contributed by atoms with E-state index in [1.807, 2.05) is 12.5 Å². The fourth-order valence-electron chi connectivity index (χ4n) is 4.77. The molecule has 1 aliphatic carbocycles. The highest BCUT2D eigenvalue weighted by Gasteiger charge is 2.54. The number of nitrogens with one attached hydrogen (secondary N) is 1. The van der Waals surface area contributed by atoms with E-state index in [0.29, 0.717) is 6.54 Å². The summed E-state index contributed by atoms with van der Waals surface area (Å²) in [5, 5.41) is 20.3. The van der Waals surface area contributed by atoms with Crippen LogP contribution in [-0.2, 0) is 6.54 Å². The number of rotatable bonds is 3. The van der Waals surface area contributed by atoms with Crippen molar-refractivity contribution in [2.45, 2.75) is 49.4 Å². The van der Waals surface area contributed by atoms with Crippen molar-refractivity contribution in [3.63, 3.8) is 0 Å². The maximum atomic E-state index is 11.6. The molecule has 3 aliphatic rings. The van der Waals surface area contributed by atoms with Gasteiger partial charge in [0.1, 0.15) is 0 Å². The van der Waals surface area contributed by atoms with Crippen LogP contribution in [0.4, 0.5) is 5.82 Å². The van der Waals surface area contributed by atoms with E-state index in [1.54, 1.807) is 11.8 Å². The molecular weight excluding hydrogens is 322 g/mol. The van der Waals surface area contributed by atoms with Gasteiger partial charge < -0.3 is 10.4 Å². The Kier molecular flexibility index (Phi) is 4.23. The first-order valence-corrected chi connectivity index (χ1v) is 10.1. The predicted octanol–water partition coefficient (Wildman–Crippen LogP) is 1.65. The molecule has 6 nitrogen and oxygen atoms in total. The average Bonchev–Trinajstić information content (AvgIpc) is 3.17. The monoisotopic (exact) mass is 349 g/mol. The first kappa shape index (κ1) is 16.6. The van der Waals surface area contributed by atoms with E-state index in [9.17, 15) is 5.11 Å². The molecule has 0 bridgehead atoms. The van der Waals surface area contributed by atoms with Gasteiger partial charge in [0, 0.05) is 43.9 Å². The molecule has 1 aromatic heterocycles. The number of fused-ring (bicyclic) bond motifs is 1. The second-order valence-corrected chi connectivity index (χ2v) is 8.27. The quantitative estimate of drug-likeness (QED) is 0.635. The topological polar surface area (TPSA) is 64.5 Å². The number of aliphatic hydroxyl groups is 1. The van der Waals surface area contributed by atoms with Crippen LogP contribution in [0.25, 0.3) is 0 Å². The number of piperidine rings is 1. The lowest BCUT2D eigenvalue weighted by atomic mass is 9.66. The number of aromatic nitrogens is 2. The molecular formula is C17H27N5OS. The number of hydrogen-bond acceptors (Lipinski definition) is 7. The minimum Gasteiger partial charge on any atom is -0.388 e. The highest BCUT2D eigenvalue weighted by atomic mass is 32.2. The number of β-amino-alcohol motifs (C(OH)–C–C–N with tert-alkyl or cyclic N) is 1.